The molecule has 9 nitrogen and oxygen atoms in total. The van der Waals surface area contributed by atoms with Crippen molar-refractivity contribution in [2.24, 2.45) is 0 Å². The van der Waals surface area contributed by atoms with Crippen molar-refractivity contribution >= 4 is 72.7 Å². The highest BCUT2D eigenvalue weighted by Crippen LogP contribution is 2.39. The lowest BCUT2D eigenvalue weighted by Gasteiger charge is -2.40. The molecule has 48 heavy (non-hydrogen) atoms. The van der Waals surface area contributed by atoms with E-state index in [9.17, 15) is 9.65 Å². The molecule has 13 heteroatoms. The minimum atomic E-state index is -0.536. The molecule has 1 atom stereocenters. The van der Waals surface area contributed by atoms with Gasteiger partial charge in [0.1, 0.15) is 17.6 Å². The van der Waals surface area contributed by atoms with Crippen LogP contribution in [0.1, 0.15) is 62.5 Å². The third-order valence-electron chi connectivity index (χ3n) is 8.85. The van der Waals surface area contributed by atoms with E-state index in [1.807, 2.05) is 40.7 Å². The van der Waals surface area contributed by atoms with Gasteiger partial charge in [0.2, 0.25) is 0 Å². The lowest BCUT2D eigenvalue weighted by Crippen LogP contribution is -2.46. The summed E-state index contributed by atoms with van der Waals surface area (Å²) in [6, 6.07) is 16.1. The van der Waals surface area contributed by atoms with E-state index in [-0.39, 0.29) is 16.6 Å². The normalized spacial score (nSPS) is 15.1. The number of rotatable bonds is 7. The van der Waals surface area contributed by atoms with Crippen LogP contribution in [-0.2, 0) is 0 Å². The zero-order chi connectivity index (χ0) is 33.6. The molecule has 7 rings (SSSR count). The third-order valence-corrected chi connectivity index (χ3v) is 10.3. The topological polar surface area (TPSA) is 108 Å². The van der Waals surface area contributed by atoms with Gasteiger partial charge in [0, 0.05) is 41.6 Å². The Bertz CT molecular complexity index is 2180. The molecule has 0 aliphatic carbocycles. The minimum Gasteiger partial charge on any atom is -0.373 e. The van der Waals surface area contributed by atoms with Gasteiger partial charge < -0.3 is 10.6 Å². The fourth-order valence-electron chi connectivity index (χ4n) is 6.30. The van der Waals surface area contributed by atoms with Gasteiger partial charge in [-0.2, -0.15) is 5.26 Å². The highest BCUT2D eigenvalue weighted by atomic mass is 35.5. The molecule has 244 valence electrons. The maximum Gasteiger partial charge on any atom is 0.141 e. The molecule has 2 N–H and O–H groups in total. The van der Waals surface area contributed by atoms with Gasteiger partial charge in [-0.25, -0.2) is 14.1 Å². The number of hydrogen-bond acceptors (Lipinski definition) is 9. The van der Waals surface area contributed by atoms with E-state index in [1.165, 1.54) is 18.3 Å². The molecule has 4 heterocycles. The molecule has 0 radical (unpaired) electrons. The van der Waals surface area contributed by atoms with Crippen molar-refractivity contribution in [2.45, 2.75) is 51.2 Å². The number of nitrogens with zero attached hydrogens (tertiary/aromatic N) is 7. The lowest BCUT2D eigenvalue weighted by atomic mass is 9.98. The van der Waals surface area contributed by atoms with Crippen LogP contribution in [0, 0.1) is 17.1 Å². The fraction of sp³-hybridized carbons (Fsp3) is 0.286. The lowest BCUT2D eigenvalue weighted by molar-refractivity contribution is 0.0866. The average Bonchev–Trinajstić information content (AvgIpc) is 3.76. The Hall–Kier alpha value is -4.34. The summed E-state index contributed by atoms with van der Waals surface area (Å²) in [4.78, 5) is 11.6. The zero-order valence-electron chi connectivity index (χ0n) is 26.5. The Labute approximate surface area is 291 Å². The summed E-state index contributed by atoms with van der Waals surface area (Å²) in [5.41, 5.74) is 7.11. The average molecular weight is 701 g/mol. The van der Waals surface area contributed by atoms with Gasteiger partial charge in [-0.3, -0.25) is 9.88 Å². The molecule has 0 amide bonds. The predicted molar refractivity (Wildman–Crippen MR) is 191 cm³/mol. The smallest absolute Gasteiger partial charge is 0.141 e. The number of fused-ring (bicyclic) bond motifs is 2. The van der Waals surface area contributed by atoms with Crippen LogP contribution < -0.4 is 10.6 Å². The molecule has 0 saturated carbocycles. The summed E-state index contributed by atoms with van der Waals surface area (Å²) in [5.74, 6) is -0.536. The molecular formula is C35H32Cl2FN9S. The molecule has 1 saturated heterocycles. The quantitative estimate of drug-likeness (QED) is 0.170. The van der Waals surface area contributed by atoms with Crippen LogP contribution in [0.15, 0.2) is 66.4 Å². The van der Waals surface area contributed by atoms with Gasteiger partial charge in [0.05, 0.1) is 60.8 Å². The van der Waals surface area contributed by atoms with Crippen LogP contribution in [0.2, 0.25) is 10.0 Å². The Kier molecular flexibility index (Phi) is 8.68. The van der Waals surface area contributed by atoms with Crippen molar-refractivity contribution in [1.29, 1.82) is 5.26 Å². The largest absolute Gasteiger partial charge is 0.373 e. The predicted octanol–water partition coefficient (Wildman–Crippen LogP) is 9.13. The van der Waals surface area contributed by atoms with Gasteiger partial charge in [-0.1, -0.05) is 40.5 Å². The second kappa shape index (κ2) is 12.9. The standard InChI is InChI=1S/C35H32Cl2FN9S/c1-35(2,3)46-11-9-23(10-12-46)47-18-30(44-45-47)33(24-5-4-6-29-34(24)48-19-41-29)43-22-13-25-31(42-21-7-8-28(38)26(36)14-21)20(16-39)17-40-32(25)27(37)15-22/h4-8,13-15,17-19,23,33,43H,9-12H2,1-3H3,(H,40,42). The first-order chi connectivity index (χ1) is 23.1. The molecule has 1 fully saturated rings. The number of halogens is 3. The number of hydrogen-bond donors (Lipinski definition) is 2. The zero-order valence-corrected chi connectivity index (χ0v) is 28.8. The number of piperidine rings is 1. The van der Waals surface area contributed by atoms with Crippen LogP contribution in [0.3, 0.4) is 0 Å². The van der Waals surface area contributed by atoms with E-state index in [2.05, 4.69) is 63.6 Å². The Balaban J connectivity index is 1.28. The maximum absolute atomic E-state index is 13.9. The fourth-order valence-corrected chi connectivity index (χ4v) is 7.58. The van der Waals surface area contributed by atoms with E-state index in [4.69, 9.17) is 28.3 Å². The first kappa shape index (κ1) is 32.2. The number of nitrogens with one attached hydrogen (secondary N) is 2. The van der Waals surface area contributed by atoms with Gasteiger partial charge in [0.25, 0.3) is 0 Å². The number of likely N-dealkylation sites (tertiary alicyclic amines) is 1. The molecule has 0 bridgehead atoms. The number of nitriles is 1. The number of benzene rings is 3. The summed E-state index contributed by atoms with van der Waals surface area (Å²) in [5, 5.41) is 27.2. The molecule has 1 aliphatic rings. The van der Waals surface area contributed by atoms with E-state index < -0.39 is 11.9 Å². The number of thiazole rings is 1. The van der Waals surface area contributed by atoms with Gasteiger partial charge in [-0.15, -0.1) is 16.4 Å². The molecule has 0 spiro atoms. The second-order valence-electron chi connectivity index (χ2n) is 12.9. The first-order valence-corrected chi connectivity index (χ1v) is 17.2. The first-order valence-electron chi connectivity index (χ1n) is 15.6. The summed E-state index contributed by atoms with van der Waals surface area (Å²) in [7, 11) is 0. The van der Waals surface area contributed by atoms with Crippen molar-refractivity contribution in [3.05, 3.63) is 99.1 Å². The monoisotopic (exact) mass is 699 g/mol. The molecule has 1 aliphatic heterocycles. The number of anilines is 3. The van der Waals surface area contributed by atoms with Crippen molar-refractivity contribution in [3.63, 3.8) is 0 Å². The molecule has 3 aromatic heterocycles. The van der Waals surface area contributed by atoms with E-state index in [0.29, 0.717) is 38.6 Å². The Morgan fingerprint density at radius 1 is 1.04 bits per heavy atom. The van der Waals surface area contributed by atoms with Crippen LogP contribution >= 0.6 is 34.5 Å². The van der Waals surface area contributed by atoms with Gasteiger partial charge in [-0.05, 0) is 75.6 Å². The van der Waals surface area contributed by atoms with E-state index in [1.54, 1.807) is 17.4 Å². The number of pyridine rings is 1. The summed E-state index contributed by atoms with van der Waals surface area (Å²) >= 11 is 14.5. The van der Waals surface area contributed by atoms with Crippen molar-refractivity contribution in [3.8, 4) is 6.07 Å². The SMILES string of the molecule is CC(C)(C)N1CCC(n2cc(C(Nc3cc(Cl)c4ncc(C#N)c(Nc5ccc(F)c(Cl)c5)c4c3)c3cccc4ncsc34)nn2)CC1. The second-order valence-corrected chi connectivity index (χ2v) is 14.6. The van der Waals surface area contributed by atoms with Crippen molar-refractivity contribution < 1.29 is 4.39 Å². The Morgan fingerprint density at radius 3 is 2.58 bits per heavy atom. The molecule has 3 aromatic carbocycles. The highest BCUT2D eigenvalue weighted by Gasteiger charge is 2.29. The molecule has 1 unspecified atom stereocenters. The summed E-state index contributed by atoms with van der Waals surface area (Å²) < 4.78 is 17.0. The summed E-state index contributed by atoms with van der Waals surface area (Å²) in [6.07, 6.45) is 5.49. The number of aromatic nitrogens is 5. The van der Waals surface area contributed by atoms with Crippen LogP contribution in [0.4, 0.5) is 21.5 Å². The highest BCUT2D eigenvalue weighted by molar-refractivity contribution is 7.17. The molecule has 6 aromatic rings. The van der Waals surface area contributed by atoms with Crippen LogP contribution in [0.25, 0.3) is 21.1 Å². The van der Waals surface area contributed by atoms with Gasteiger partial charge >= 0.3 is 0 Å². The maximum atomic E-state index is 13.9. The van der Waals surface area contributed by atoms with Crippen LogP contribution in [0.5, 0.6) is 0 Å². The molecular weight excluding hydrogens is 668 g/mol. The van der Waals surface area contributed by atoms with Gasteiger partial charge in [0.15, 0.2) is 0 Å². The van der Waals surface area contributed by atoms with Crippen molar-refractivity contribution in [2.75, 3.05) is 23.7 Å². The van der Waals surface area contributed by atoms with Crippen LogP contribution in [-0.4, -0.2) is 48.5 Å². The third kappa shape index (κ3) is 6.29. The van der Waals surface area contributed by atoms with Crippen molar-refractivity contribution in [1.82, 2.24) is 29.9 Å². The van der Waals surface area contributed by atoms with E-state index in [0.717, 1.165) is 47.4 Å². The minimum absolute atomic E-state index is 0.0369. The Morgan fingerprint density at radius 2 is 1.83 bits per heavy atom. The van der Waals surface area contributed by atoms with E-state index >= 15 is 0 Å². The summed E-state index contributed by atoms with van der Waals surface area (Å²) in [6.45, 7) is 8.76.